The predicted molar refractivity (Wildman–Crippen MR) is 126 cm³/mol. The van der Waals surface area contributed by atoms with E-state index in [1.165, 1.54) is 18.9 Å². The maximum Gasteiger partial charge on any atom is 0.302 e. The first-order valence-electron chi connectivity index (χ1n) is 13.2. The van der Waals surface area contributed by atoms with Crippen molar-refractivity contribution in [2.24, 2.45) is 45.3 Å². The fourth-order valence-corrected chi connectivity index (χ4v) is 10.2. The molecular weight excluding hydrogens is 416 g/mol. The van der Waals surface area contributed by atoms with Gasteiger partial charge >= 0.3 is 5.97 Å². The van der Waals surface area contributed by atoms with Crippen molar-refractivity contribution in [3.05, 3.63) is 11.6 Å². The number of esters is 1. The van der Waals surface area contributed by atoms with E-state index in [0.29, 0.717) is 24.9 Å². The highest BCUT2D eigenvalue weighted by Gasteiger charge is 2.70. The number of hydrogen-bond acceptors (Lipinski definition) is 5. The lowest BCUT2D eigenvalue weighted by Crippen LogP contribution is -2.68. The molecule has 4 aliphatic carbocycles. The van der Waals surface area contributed by atoms with Gasteiger partial charge in [0.05, 0.1) is 18.8 Å². The van der Waals surface area contributed by atoms with Gasteiger partial charge in [-0.2, -0.15) is 0 Å². The van der Waals surface area contributed by atoms with Gasteiger partial charge in [-0.3, -0.25) is 4.79 Å². The van der Waals surface area contributed by atoms with Gasteiger partial charge in [0.1, 0.15) is 0 Å². The van der Waals surface area contributed by atoms with Crippen LogP contribution in [-0.2, 0) is 14.3 Å². The number of carbonyl (C=O) groups is 1. The third-order valence-electron chi connectivity index (χ3n) is 11.5. The van der Waals surface area contributed by atoms with Crippen LogP contribution in [0.25, 0.3) is 0 Å². The molecule has 5 heteroatoms. The Labute approximate surface area is 199 Å². The van der Waals surface area contributed by atoms with Crippen LogP contribution < -0.4 is 0 Å². The lowest BCUT2D eigenvalue weighted by molar-refractivity contribution is -0.259. The molecule has 0 radical (unpaired) electrons. The zero-order chi connectivity index (χ0) is 24.0. The van der Waals surface area contributed by atoms with E-state index >= 15 is 0 Å². The summed E-state index contributed by atoms with van der Waals surface area (Å²) in [5.74, 6) is 0.691. The van der Waals surface area contributed by atoms with Gasteiger partial charge in [-0.1, -0.05) is 40.2 Å². The van der Waals surface area contributed by atoms with Crippen LogP contribution in [0.3, 0.4) is 0 Å². The number of hydrogen-bond donors (Lipinski definition) is 2. The third-order valence-corrected chi connectivity index (χ3v) is 11.5. The molecule has 5 aliphatic rings. The Morgan fingerprint density at radius 3 is 2.55 bits per heavy atom. The molecule has 5 nitrogen and oxygen atoms in total. The molecule has 10 atom stereocenters. The molecule has 0 amide bonds. The monoisotopic (exact) mass is 460 g/mol. The summed E-state index contributed by atoms with van der Waals surface area (Å²) >= 11 is 0. The standard InChI is InChI=1S/C28H44O5/c1-16-18-8-9-20-26(5)13-10-19-25(3,4)11-7-12-28(19,15-32-17(2)29)21(26)14-22(30)27(20,6)23(18)24(31)33-16/h8,16,19-24,30-31H,7,9-15H2,1-6H3. The van der Waals surface area contributed by atoms with Crippen molar-refractivity contribution in [2.45, 2.75) is 105 Å². The van der Waals surface area contributed by atoms with Crippen LogP contribution in [0.1, 0.15) is 86.5 Å². The van der Waals surface area contributed by atoms with E-state index in [0.717, 1.165) is 32.1 Å². The minimum absolute atomic E-state index is 0.0195. The van der Waals surface area contributed by atoms with Gasteiger partial charge in [0, 0.05) is 23.7 Å². The highest BCUT2D eigenvalue weighted by molar-refractivity contribution is 5.66. The number of allylic oxidation sites excluding steroid dienone is 1. The van der Waals surface area contributed by atoms with E-state index in [1.807, 2.05) is 6.92 Å². The van der Waals surface area contributed by atoms with Gasteiger partial charge in [0.25, 0.3) is 0 Å². The third kappa shape index (κ3) is 3.10. The summed E-state index contributed by atoms with van der Waals surface area (Å²) in [5, 5.41) is 22.8. The van der Waals surface area contributed by atoms with Crippen LogP contribution in [0.4, 0.5) is 0 Å². The Morgan fingerprint density at radius 2 is 1.85 bits per heavy atom. The Bertz CT molecular complexity index is 849. The van der Waals surface area contributed by atoms with Gasteiger partial charge in [0.15, 0.2) is 6.29 Å². The first kappa shape index (κ1) is 23.8. The molecule has 1 heterocycles. The Balaban J connectivity index is 1.60. The maximum atomic E-state index is 12.0. The van der Waals surface area contributed by atoms with E-state index in [4.69, 9.17) is 9.47 Å². The van der Waals surface area contributed by atoms with Crippen molar-refractivity contribution in [2.75, 3.05) is 6.61 Å². The van der Waals surface area contributed by atoms with Crippen LogP contribution in [0.15, 0.2) is 11.6 Å². The summed E-state index contributed by atoms with van der Waals surface area (Å²) in [6.45, 7) is 13.5. The van der Waals surface area contributed by atoms with Crippen LogP contribution in [-0.4, -0.2) is 41.3 Å². The van der Waals surface area contributed by atoms with E-state index in [9.17, 15) is 15.0 Å². The van der Waals surface area contributed by atoms with Crippen molar-refractivity contribution in [3.8, 4) is 0 Å². The number of rotatable bonds is 2. The fourth-order valence-electron chi connectivity index (χ4n) is 10.2. The zero-order valence-corrected chi connectivity index (χ0v) is 21.4. The Hall–Kier alpha value is -0.910. The summed E-state index contributed by atoms with van der Waals surface area (Å²) < 4.78 is 11.7. The quantitative estimate of drug-likeness (QED) is 0.455. The second-order valence-corrected chi connectivity index (χ2v) is 13.3. The summed E-state index contributed by atoms with van der Waals surface area (Å²) in [4.78, 5) is 12.0. The van der Waals surface area contributed by atoms with Crippen molar-refractivity contribution in [1.29, 1.82) is 0 Å². The van der Waals surface area contributed by atoms with E-state index in [1.54, 1.807) is 0 Å². The molecule has 0 aromatic carbocycles. The molecular formula is C28H44O5. The topological polar surface area (TPSA) is 76.0 Å². The molecule has 33 heavy (non-hydrogen) atoms. The van der Waals surface area contributed by atoms with Crippen molar-refractivity contribution in [3.63, 3.8) is 0 Å². The maximum absolute atomic E-state index is 12.0. The number of carbonyl (C=O) groups excluding carboxylic acids is 1. The molecule has 1 aliphatic heterocycles. The van der Waals surface area contributed by atoms with Crippen LogP contribution in [0.5, 0.6) is 0 Å². The SMILES string of the molecule is CC(=O)OCC12CCCC(C)(C)C1CCC1(C)C2CC(O)C2(C)C3C(=CCC12)C(C)OC3O. The lowest BCUT2D eigenvalue weighted by Gasteiger charge is -2.70. The molecule has 2 N–H and O–H groups in total. The van der Waals surface area contributed by atoms with Crippen molar-refractivity contribution >= 4 is 5.97 Å². The van der Waals surface area contributed by atoms with Gasteiger partial charge in [-0.05, 0) is 79.6 Å². The molecule has 0 aromatic rings. The molecule has 0 bridgehead atoms. The Morgan fingerprint density at radius 1 is 1.12 bits per heavy atom. The first-order valence-corrected chi connectivity index (χ1v) is 13.2. The highest BCUT2D eigenvalue weighted by atomic mass is 16.6. The van der Waals surface area contributed by atoms with Gasteiger partial charge in [-0.25, -0.2) is 0 Å². The molecule has 10 unspecified atom stereocenters. The minimum atomic E-state index is -0.853. The van der Waals surface area contributed by atoms with Crippen LogP contribution >= 0.6 is 0 Å². The largest absolute Gasteiger partial charge is 0.465 e. The summed E-state index contributed by atoms with van der Waals surface area (Å²) in [5.41, 5.74) is 0.885. The van der Waals surface area contributed by atoms with E-state index in [2.05, 4.69) is 33.8 Å². The van der Waals surface area contributed by atoms with Crippen LogP contribution in [0.2, 0.25) is 0 Å². The van der Waals surface area contributed by atoms with E-state index < -0.39 is 17.8 Å². The average molecular weight is 461 g/mol. The van der Waals surface area contributed by atoms with Gasteiger partial charge in [0.2, 0.25) is 0 Å². The van der Waals surface area contributed by atoms with Gasteiger partial charge < -0.3 is 19.7 Å². The normalized spacial score (nSPS) is 52.6. The predicted octanol–water partition coefficient (Wildman–Crippen LogP) is 4.85. The van der Waals surface area contributed by atoms with E-state index in [-0.39, 0.29) is 40.2 Å². The molecule has 1 saturated heterocycles. The molecule has 186 valence electrons. The fraction of sp³-hybridized carbons (Fsp3) is 0.893. The molecule has 5 rings (SSSR count). The molecule has 3 saturated carbocycles. The second-order valence-electron chi connectivity index (χ2n) is 13.3. The second kappa shape index (κ2) is 7.54. The number of ether oxygens (including phenoxy) is 2. The summed E-state index contributed by atoms with van der Waals surface area (Å²) in [6.07, 6.45) is 8.17. The molecule has 0 spiro atoms. The first-order chi connectivity index (χ1) is 15.4. The minimum Gasteiger partial charge on any atom is -0.465 e. The van der Waals surface area contributed by atoms with Gasteiger partial charge in [-0.15, -0.1) is 0 Å². The smallest absolute Gasteiger partial charge is 0.302 e. The Kier molecular flexibility index (Phi) is 5.44. The zero-order valence-electron chi connectivity index (χ0n) is 21.4. The average Bonchev–Trinajstić information content (AvgIpc) is 3.02. The van der Waals surface area contributed by atoms with Crippen LogP contribution in [0, 0.1) is 45.3 Å². The highest BCUT2D eigenvalue weighted by Crippen LogP contribution is 2.73. The molecule has 4 fully saturated rings. The number of aliphatic hydroxyl groups excluding tert-OH is 2. The summed E-state index contributed by atoms with van der Waals surface area (Å²) in [7, 11) is 0. The molecule has 0 aromatic heterocycles. The van der Waals surface area contributed by atoms with Crippen molar-refractivity contribution in [1.82, 2.24) is 0 Å². The van der Waals surface area contributed by atoms with Crippen molar-refractivity contribution < 1.29 is 24.5 Å². The number of fused-ring (bicyclic) bond motifs is 7. The number of aliphatic hydroxyl groups is 2. The summed E-state index contributed by atoms with van der Waals surface area (Å²) in [6, 6.07) is 0. The lowest BCUT2D eigenvalue weighted by atomic mass is 9.34.